The Labute approximate surface area is 145 Å². The lowest BCUT2D eigenvalue weighted by Crippen LogP contribution is -2.13. The first-order valence-electron chi connectivity index (χ1n) is 7.10. The molecule has 0 aliphatic rings. The molecule has 0 spiro atoms. The quantitative estimate of drug-likeness (QED) is 0.719. The van der Waals surface area contributed by atoms with Crippen molar-refractivity contribution in [1.82, 2.24) is 15.1 Å². The molecule has 2 heterocycles. The molecule has 24 heavy (non-hydrogen) atoms. The minimum absolute atomic E-state index is 0.105. The van der Waals surface area contributed by atoms with E-state index in [9.17, 15) is 9.18 Å². The molecule has 0 aliphatic carbocycles. The van der Waals surface area contributed by atoms with E-state index < -0.39 is 5.82 Å². The molecular weight excluding hydrogens is 379 g/mol. The van der Waals surface area contributed by atoms with Crippen molar-refractivity contribution in [1.29, 1.82) is 0 Å². The molecule has 0 unspecified atom stereocenters. The molecule has 122 valence electrons. The third kappa shape index (κ3) is 4.02. The number of nitrogens with one attached hydrogen (secondary N) is 1. The summed E-state index contributed by atoms with van der Waals surface area (Å²) in [7, 11) is 0. The highest BCUT2D eigenvalue weighted by Crippen LogP contribution is 2.20. The minimum Gasteiger partial charge on any atom is -0.339 e. The molecule has 0 saturated carbocycles. The number of halogens is 2. The average molecular weight is 391 g/mol. The zero-order valence-electron chi connectivity index (χ0n) is 12.4. The monoisotopic (exact) mass is 390 g/mol. The molecule has 3 rings (SSSR count). The van der Waals surface area contributed by atoms with Gasteiger partial charge in [0, 0.05) is 35.3 Å². The largest absolute Gasteiger partial charge is 0.339 e. The number of carbonyl (C=O) groups is 1. The second kappa shape index (κ2) is 7.31. The van der Waals surface area contributed by atoms with E-state index in [0.717, 1.165) is 5.56 Å². The van der Waals surface area contributed by atoms with Crippen molar-refractivity contribution in [3.8, 4) is 11.4 Å². The Morgan fingerprint density at radius 2 is 2.04 bits per heavy atom. The minimum atomic E-state index is -0.504. The molecule has 8 heteroatoms. The number of hydrogen-bond donors (Lipinski definition) is 1. The Morgan fingerprint density at radius 3 is 2.79 bits per heavy atom. The van der Waals surface area contributed by atoms with Crippen LogP contribution in [0.15, 0.2) is 51.7 Å². The van der Waals surface area contributed by atoms with E-state index in [0.29, 0.717) is 16.2 Å². The van der Waals surface area contributed by atoms with Crippen LogP contribution in [0.25, 0.3) is 11.4 Å². The van der Waals surface area contributed by atoms with Gasteiger partial charge in [-0.25, -0.2) is 4.39 Å². The number of carbonyl (C=O) groups excluding carboxylic acids is 1. The topological polar surface area (TPSA) is 80.9 Å². The molecule has 3 aromatic rings. The first kappa shape index (κ1) is 16.3. The fraction of sp³-hybridized carbons (Fsp3) is 0.125. The van der Waals surface area contributed by atoms with Crippen molar-refractivity contribution < 1.29 is 13.7 Å². The standard InChI is InChI=1S/C16H12BrFN4O2/c17-11-1-2-13(12(18)9-11)20-14(23)3-4-15-21-16(22-24-15)10-5-7-19-8-6-10/h1-2,5-9H,3-4H2,(H,20,23). The fourth-order valence-corrected chi connectivity index (χ4v) is 2.33. The normalized spacial score (nSPS) is 10.6. The molecule has 0 radical (unpaired) electrons. The number of rotatable bonds is 5. The van der Waals surface area contributed by atoms with E-state index in [1.807, 2.05) is 0 Å². The number of pyridine rings is 1. The number of aromatic nitrogens is 3. The number of nitrogens with zero attached hydrogens (tertiary/aromatic N) is 3. The van der Waals surface area contributed by atoms with Crippen LogP contribution in [0.3, 0.4) is 0 Å². The van der Waals surface area contributed by atoms with Crippen LogP contribution in [0, 0.1) is 5.82 Å². The van der Waals surface area contributed by atoms with Crippen LogP contribution in [0.4, 0.5) is 10.1 Å². The molecule has 0 aliphatic heterocycles. The molecular formula is C16H12BrFN4O2. The van der Waals surface area contributed by atoms with Crippen molar-refractivity contribution in [2.75, 3.05) is 5.32 Å². The fourth-order valence-electron chi connectivity index (χ4n) is 2.00. The zero-order valence-corrected chi connectivity index (χ0v) is 14.0. The van der Waals surface area contributed by atoms with Crippen molar-refractivity contribution in [3.63, 3.8) is 0 Å². The van der Waals surface area contributed by atoms with Gasteiger partial charge in [-0.05, 0) is 30.3 Å². The molecule has 1 amide bonds. The zero-order chi connectivity index (χ0) is 16.9. The van der Waals surface area contributed by atoms with Crippen LogP contribution in [-0.4, -0.2) is 21.0 Å². The van der Waals surface area contributed by atoms with Gasteiger partial charge in [0.1, 0.15) is 5.82 Å². The smallest absolute Gasteiger partial charge is 0.227 e. The van der Waals surface area contributed by atoms with Gasteiger partial charge in [0.2, 0.25) is 17.6 Å². The van der Waals surface area contributed by atoms with Crippen LogP contribution in [0.2, 0.25) is 0 Å². The van der Waals surface area contributed by atoms with Crippen LogP contribution >= 0.6 is 15.9 Å². The number of aryl methyl sites for hydroxylation is 1. The predicted molar refractivity (Wildman–Crippen MR) is 88.6 cm³/mol. The van der Waals surface area contributed by atoms with Crippen LogP contribution in [0.1, 0.15) is 12.3 Å². The van der Waals surface area contributed by atoms with E-state index in [-0.39, 0.29) is 24.4 Å². The maximum Gasteiger partial charge on any atom is 0.227 e. The third-order valence-corrected chi connectivity index (χ3v) is 3.67. The maximum absolute atomic E-state index is 13.7. The number of amides is 1. The van der Waals surface area contributed by atoms with E-state index >= 15 is 0 Å². The first-order chi connectivity index (χ1) is 11.6. The average Bonchev–Trinajstić information content (AvgIpc) is 3.05. The first-order valence-corrected chi connectivity index (χ1v) is 7.89. The third-order valence-electron chi connectivity index (χ3n) is 3.18. The van der Waals surface area contributed by atoms with Gasteiger partial charge in [0.05, 0.1) is 5.69 Å². The van der Waals surface area contributed by atoms with Gasteiger partial charge in [0.15, 0.2) is 0 Å². The van der Waals surface area contributed by atoms with Crippen LogP contribution < -0.4 is 5.32 Å². The van der Waals surface area contributed by atoms with Gasteiger partial charge in [-0.1, -0.05) is 21.1 Å². The van der Waals surface area contributed by atoms with E-state index in [1.165, 1.54) is 12.1 Å². The summed E-state index contributed by atoms with van der Waals surface area (Å²) in [6.07, 6.45) is 3.63. The summed E-state index contributed by atoms with van der Waals surface area (Å²) in [5, 5.41) is 6.37. The summed E-state index contributed by atoms with van der Waals surface area (Å²) >= 11 is 3.16. The van der Waals surface area contributed by atoms with Crippen molar-refractivity contribution in [2.24, 2.45) is 0 Å². The van der Waals surface area contributed by atoms with Crippen molar-refractivity contribution >= 4 is 27.5 Å². The van der Waals surface area contributed by atoms with Crippen molar-refractivity contribution in [2.45, 2.75) is 12.8 Å². The lowest BCUT2D eigenvalue weighted by molar-refractivity contribution is -0.116. The molecule has 0 atom stereocenters. The van der Waals surface area contributed by atoms with Gasteiger partial charge in [-0.15, -0.1) is 0 Å². The Kier molecular flexibility index (Phi) is 4.95. The van der Waals surface area contributed by atoms with Gasteiger partial charge in [-0.3, -0.25) is 9.78 Å². The number of anilines is 1. The van der Waals surface area contributed by atoms with E-state index in [2.05, 4.69) is 36.4 Å². The SMILES string of the molecule is O=C(CCc1nc(-c2ccncc2)no1)Nc1ccc(Br)cc1F. The van der Waals surface area contributed by atoms with Crippen LogP contribution in [-0.2, 0) is 11.2 Å². The molecule has 0 fully saturated rings. The second-order valence-electron chi connectivity index (χ2n) is 4.92. The summed E-state index contributed by atoms with van der Waals surface area (Å²) < 4.78 is 19.4. The van der Waals surface area contributed by atoms with Crippen molar-refractivity contribution in [3.05, 3.63) is 58.9 Å². The molecule has 6 nitrogen and oxygen atoms in total. The molecule has 0 bridgehead atoms. The highest BCUT2D eigenvalue weighted by molar-refractivity contribution is 9.10. The Hall–Kier alpha value is -2.61. The predicted octanol–water partition coefficient (Wildman–Crippen LogP) is 3.60. The highest BCUT2D eigenvalue weighted by Gasteiger charge is 2.12. The molecule has 1 aromatic carbocycles. The summed E-state index contributed by atoms with van der Waals surface area (Å²) in [6.45, 7) is 0. The van der Waals surface area contributed by atoms with Gasteiger partial charge in [0.25, 0.3) is 0 Å². The number of hydrogen-bond acceptors (Lipinski definition) is 5. The van der Waals surface area contributed by atoms with Crippen LogP contribution in [0.5, 0.6) is 0 Å². The van der Waals surface area contributed by atoms with Gasteiger partial charge < -0.3 is 9.84 Å². The Balaban J connectivity index is 1.58. The lowest BCUT2D eigenvalue weighted by atomic mass is 10.2. The van der Waals surface area contributed by atoms with E-state index in [4.69, 9.17) is 4.52 Å². The summed E-state index contributed by atoms with van der Waals surface area (Å²) in [4.78, 5) is 20.1. The number of benzene rings is 1. The maximum atomic E-state index is 13.7. The molecule has 0 saturated heterocycles. The molecule has 1 N–H and O–H groups in total. The summed E-state index contributed by atoms with van der Waals surface area (Å²) in [5.41, 5.74) is 0.910. The Bertz CT molecular complexity index is 854. The van der Waals surface area contributed by atoms with Gasteiger partial charge in [-0.2, -0.15) is 4.98 Å². The molecule has 2 aromatic heterocycles. The van der Waals surface area contributed by atoms with E-state index in [1.54, 1.807) is 30.6 Å². The second-order valence-corrected chi connectivity index (χ2v) is 5.84. The summed E-state index contributed by atoms with van der Waals surface area (Å²) in [5.74, 6) is -0.0598. The summed E-state index contributed by atoms with van der Waals surface area (Å²) in [6, 6.07) is 7.95. The lowest BCUT2D eigenvalue weighted by Gasteiger charge is -2.05. The van der Waals surface area contributed by atoms with Gasteiger partial charge >= 0.3 is 0 Å². The highest BCUT2D eigenvalue weighted by atomic mass is 79.9. The Morgan fingerprint density at radius 1 is 1.25 bits per heavy atom.